The van der Waals surface area contributed by atoms with Gasteiger partial charge < -0.3 is 9.94 Å². The van der Waals surface area contributed by atoms with Crippen LogP contribution in [0.2, 0.25) is 0 Å². The maximum Gasteiger partial charge on any atom is 0.573 e. The second-order valence-corrected chi connectivity index (χ2v) is 4.92. The molecule has 1 N–H and O–H groups in total. The molecular formula is C16H11F3N4O2. The Bertz CT molecular complexity index is 872. The number of rotatable bonds is 4. The number of benzene rings is 2. The van der Waals surface area contributed by atoms with Crippen LogP contribution in [0.5, 0.6) is 5.75 Å². The van der Waals surface area contributed by atoms with Gasteiger partial charge in [-0.05, 0) is 29.8 Å². The molecule has 0 aliphatic carbocycles. The molecule has 0 saturated heterocycles. The summed E-state index contributed by atoms with van der Waals surface area (Å²) in [6.07, 6.45) is -1.98. The van der Waals surface area contributed by atoms with E-state index in [-0.39, 0.29) is 5.75 Å². The van der Waals surface area contributed by atoms with Crippen LogP contribution in [-0.2, 0) is 0 Å². The number of oxime groups is 1. The Morgan fingerprint density at radius 1 is 1.04 bits per heavy atom. The number of hydrogen-bond acceptors (Lipinski definition) is 5. The zero-order valence-electron chi connectivity index (χ0n) is 12.6. The fourth-order valence-electron chi connectivity index (χ4n) is 2.11. The molecule has 0 bridgehead atoms. The molecule has 0 spiro atoms. The molecule has 3 aromatic rings. The van der Waals surface area contributed by atoms with Crippen molar-refractivity contribution in [3.05, 3.63) is 60.4 Å². The molecule has 0 unspecified atom stereocenters. The third-order valence-electron chi connectivity index (χ3n) is 3.20. The molecule has 1 aromatic heterocycles. The molecule has 6 nitrogen and oxygen atoms in total. The van der Waals surface area contributed by atoms with E-state index in [4.69, 9.17) is 5.21 Å². The minimum absolute atomic E-state index is 0.308. The predicted octanol–water partition coefficient (Wildman–Crippen LogP) is 3.64. The minimum Gasteiger partial charge on any atom is -0.411 e. The van der Waals surface area contributed by atoms with Crippen molar-refractivity contribution in [2.24, 2.45) is 5.16 Å². The van der Waals surface area contributed by atoms with E-state index in [2.05, 4.69) is 20.0 Å². The van der Waals surface area contributed by atoms with Crippen molar-refractivity contribution >= 4 is 6.21 Å². The van der Waals surface area contributed by atoms with Crippen LogP contribution in [0.15, 0.2) is 60.0 Å². The molecule has 0 radical (unpaired) electrons. The highest BCUT2D eigenvalue weighted by Crippen LogP contribution is 2.24. The Balaban J connectivity index is 1.79. The van der Waals surface area contributed by atoms with Gasteiger partial charge in [0.25, 0.3) is 0 Å². The van der Waals surface area contributed by atoms with Crippen molar-refractivity contribution in [3.8, 4) is 22.8 Å². The summed E-state index contributed by atoms with van der Waals surface area (Å²) in [7, 11) is 0. The van der Waals surface area contributed by atoms with E-state index in [1.165, 1.54) is 41.5 Å². The van der Waals surface area contributed by atoms with Gasteiger partial charge in [-0.2, -0.15) is 0 Å². The van der Waals surface area contributed by atoms with Crippen LogP contribution >= 0.6 is 0 Å². The summed E-state index contributed by atoms with van der Waals surface area (Å²) in [6, 6.07) is 12.3. The van der Waals surface area contributed by atoms with E-state index >= 15 is 0 Å². The molecule has 2 aromatic carbocycles. The lowest BCUT2D eigenvalue weighted by Crippen LogP contribution is -2.17. The second-order valence-electron chi connectivity index (χ2n) is 4.92. The average Bonchev–Trinajstić information content (AvgIpc) is 3.05. The Kier molecular flexibility index (Phi) is 4.38. The highest BCUT2D eigenvalue weighted by molar-refractivity contribution is 5.80. The van der Waals surface area contributed by atoms with Crippen molar-refractivity contribution in [1.82, 2.24) is 14.8 Å². The van der Waals surface area contributed by atoms with Crippen LogP contribution < -0.4 is 4.74 Å². The van der Waals surface area contributed by atoms with Crippen LogP contribution in [0.1, 0.15) is 5.56 Å². The number of hydrogen-bond donors (Lipinski definition) is 1. The normalized spacial score (nSPS) is 11.8. The van der Waals surface area contributed by atoms with Gasteiger partial charge in [-0.25, -0.2) is 9.67 Å². The van der Waals surface area contributed by atoms with Gasteiger partial charge in [0, 0.05) is 5.56 Å². The molecule has 0 aliphatic rings. The summed E-state index contributed by atoms with van der Waals surface area (Å²) in [6.45, 7) is 0. The average molecular weight is 348 g/mol. The van der Waals surface area contributed by atoms with Gasteiger partial charge in [-0.3, -0.25) is 0 Å². The summed E-state index contributed by atoms with van der Waals surface area (Å²) in [4.78, 5) is 4.18. The van der Waals surface area contributed by atoms with Crippen LogP contribution in [0.3, 0.4) is 0 Å². The highest BCUT2D eigenvalue weighted by atomic mass is 19.4. The van der Waals surface area contributed by atoms with E-state index in [0.717, 1.165) is 5.56 Å². The van der Waals surface area contributed by atoms with Crippen LogP contribution in [0.4, 0.5) is 13.2 Å². The fraction of sp³-hybridized carbons (Fsp3) is 0.0625. The molecule has 0 atom stereocenters. The molecule has 0 aliphatic heterocycles. The summed E-state index contributed by atoms with van der Waals surface area (Å²) < 4.78 is 41.7. The molecule has 25 heavy (non-hydrogen) atoms. The van der Waals surface area contributed by atoms with Crippen molar-refractivity contribution in [2.45, 2.75) is 6.36 Å². The molecule has 3 rings (SSSR count). The van der Waals surface area contributed by atoms with Gasteiger partial charge in [-0.1, -0.05) is 29.4 Å². The third-order valence-corrected chi connectivity index (χ3v) is 3.20. The lowest BCUT2D eigenvalue weighted by Gasteiger charge is -2.09. The number of aromatic nitrogens is 3. The minimum atomic E-state index is -4.73. The SMILES string of the molecule is O/N=C/c1ccc(-c2ncn(-c3ccc(OC(F)(F)F)cc3)n2)cc1. The largest absolute Gasteiger partial charge is 0.573 e. The van der Waals surface area contributed by atoms with E-state index < -0.39 is 6.36 Å². The van der Waals surface area contributed by atoms with Gasteiger partial charge >= 0.3 is 6.36 Å². The summed E-state index contributed by atoms with van der Waals surface area (Å²) in [5.41, 5.74) is 1.99. The number of nitrogens with zero attached hydrogens (tertiary/aromatic N) is 4. The monoisotopic (exact) mass is 348 g/mol. The summed E-state index contributed by atoms with van der Waals surface area (Å²) in [5.74, 6) is 0.140. The van der Waals surface area contributed by atoms with E-state index in [9.17, 15) is 13.2 Å². The molecule has 0 saturated carbocycles. The lowest BCUT2D eigenvalue weighted by atomic mass is 10.1. The quantitative estimate of drug-likeness (QED) is 0.444. The fourth-order valence-corrected chi connectivity index (χ4v) is 2.11. The third kappa shape index (κ3) is 4.14. The molecule has 0 amide bonds. The summed E-state index contributed by atoms with van der Waals surface area (Å²) >= 11 is 0. The molecule has 9 heteroatoms. The van der Waals surface area contributed by atoms with Gasteiger partial charge in [0.2, 0.25) is 0 Å². The van der Waals surface area contributed by atoms with Crippen LogP contribution in [0.25, 0.3) is 17.1 Å². The maximum absolute atomic E-state index is 12.2. The molecule has 128 valence electrons. The standard InChI is InChI=1S/C16H11F3N4O2/c17-16(18,19)25-14-7-5-13(6-8-14)23-10-20-15(22-23)12-3-1-11(2-4-12)9-21-24/h1-10,24H/b21-9+. The maximum atomic E-state index is 12.2. The first-order valence-electron chi connectivity index (χ1n) is 7.00. The van der Waals surface area contributed by atoms with Gasteiger partial charge in [0.05, 0.1) is 11.9 Å². The lowest BCUT2D eigenvalue weighted by molar-refractivity contribution is -0.274. The highest BCUT2D eigenvalue weighted by Gasteiger charge is 2.30. The van der Waals surface area contributed by atoms with Crippen LogP contribution in [0, 0.1) is 0 Å². The zero-order chi connectivity index (χ0) is 17.9. The molecule has 1 heterocycles. The zero-order valence-corrected chi connectivity index (χ0v) is 12.6. The smallest absolute Gasteiger partial charge is 0.411 e. The number of ether oxygens (including phenoxy) is 1. The number of alkyl halides is 3. The Hall–Kier alpha value is -3.36. The van der Waals surface area contributed by atoms with Crippen molar-refractivity contribution < 1.29 is 23.1 Å². The van der Waals surface area contributed by atoms with Crippen molar-refractivity contribution in [3.63, 3.8) is 0 Å². The summed E-state index contributed by atoms with van der Waals surface area (Å²) in [5, 5.41) is 15.7. The van der Waals surface area contributed by atoms with E-state index in [1.807, 2.05) is 0 Å². The van der Waals surface area contributed by atoms with Crippen molar-refractivity contribution in [1.29, 1.82) is 0 Å². The van der Waals surface area contributed by atoms with E-state index in [0.29, 0.717) is 17.1 Å². The van der Waals surface area contributed by atoms with Crippen LogP contribution in [-0.4, -0.2) is 32.5 Å². The first-order valence-corrected chi connectivity index (χ1v) is 7.00. The Morgan fingerprint density at radius 2 is 1.72 bits per heavy atom. The topological polar surface area (TPSA) is 72.5 Å². The Morgan fingerprint density at radius 3 is 2.32 bits per heavy atom. The Labute approximate surface area is 139 Å². The number of halogens is 3. The van der Waals surface area contributed by atoms with Gasteiger partial charge in [0.1, 0.15) is 12.1 Å². The van der Waals surface area contributed by atoms with Gasteiger partial charge in [-0.15, -0.1) is 18.3 Å². The molecular weight excluding hydrogens is 337 g/mol. The van der Waals surface area contributed by atoms with Crippen molar-refractivity contribution in [2.75, 3.05) is 0 Å². The van der Waals surface area contributed by atoms with Gasteiger partial charge in [0.15, 0.2) is 5.82 Å². The predicted molar refractivity (Wildman–Crippen MR) is 82.9 cm³/mol. The molecule has 0 fully saturated rings. The first kappa shape index (κ1) is 16.5. The van der Waals surface area contributed by atoms with E-state index in [1.54, 1.807) is 24.3 Å². The first-order chi connectivity index (χ1) is 11.9. The second kappa shape index (κ2) is 6.63.